The fourth-order valence-electron chi connectivity index (χ4n) is 1.07. The van der Waals surface area contributed by atoms with Crippen LogP contribution in [0.5, 0.6) is 0 Å². The number of allylic oxidation sites excluding steroid dienone is 1. The van der Waals surface area contributed by atoms with Crippen molar-refractivity contribution in [3.05, 3.63) is 11.6 Å². The van der Waals surface area contributed by atoms with E-state index in [0.29, 0.717) is 12.2 Å². The van der Waals surface area contributed by atoms with Gasteiger partial charge in [0, 0.05) is 5.57 Å². The highest BCUT2D eigenvalue weighted by atomic mass is 16.6. The third kappa shape index (κ3) is 3.19. The van der Waals surface area contributed by atoms with Crippen molar-refractivity contribution in [2.75, 3.05) is 6.61 Å². The summed E-state index contributed by atoms with van der Waals surface area (Å²) in [7, 11) is 0. The standard InChI is InChI=1S/C10H16O3/c1-4-5-7(2)10(11)12-6-9-8(3)13-9/h5,8-9H,4,6H2,1-3H3/b7-5+. The Hall–Kier alpha value is -0.830. The molecule has 1 saturated heterocycles. The molecule has 2 unspecified atom stereocenters. The van der Waals surface area contributed by atoms with Crippen LogP contribution in [-0.4, -0.2) is 24.8 Å². The van der Waals surface area contributed by atoms with Crippen LogP contribution in [0.15, 0.2) is 11.6 Å². The van der Waals surface area contributed by atoms with Gasteiger partial charge >= 0.3 is 5.97 Å². The number of epoxide rings is 1. The van der Waals surface area contributed by atoms with Crippen molar-refractivity contribution in [3.63, 3.8) is 0 Å². The van der Waals surface area contributed by atoms with Gasteiger partial charge in [-0.1, -0.05) is 13.0 Å². The minimum atomic E-state index is -0.232. The van der Waals surface area contributed by atoms with E-state index in [1.807, 2.05) is 19.9 Å². The van der Waals surface area contributed by atoms with Crippen LogP contribution in [0.25, 0.3) is 0 Å². The van der Waals surface area contributed by atoms with E-state index in [9.17, 15) is 4.79 Å². The van der Waals surface area contributed by atoms with E-state index in [1.165, 1.54) is 0 Å². The smallest absolute Gasteiger partial charge is 0.333 e. The molecule has 1 aliphatic heterocycles. The van der Waals surface area contributed by atoms with Crippen molar-refractivity contribution in [1.82, 2.24) is 0 Å². The number of rotatable bonds is 4. The van der Waals surface area contributed by atoms with Crippen molar-refractivity contribution >= 4 is 5.97 Å². The maximum absolute atomic E-state index is 11.2. The highest BCUT2D eigenvalue weighted by Gasteiger charge is 2.35. The molecule has 1 fully saturated rings. The quantitative estimate of drug-likeness (QED) is 0.379. The molecule has 0 N–H and O–H groups in total. The third-order valence-electron chi connectivity index (χ3n) is 2.05. The van der Waals surface area contributed by atoms with E-state index in [-0.39, 0.29) is 18.2 Å². The number of hydrogen-bond donors (Lipinski definition) is 0. The van der Waals surface area contributed by atoms with Gasteiger partial charge in [-0.15, -0.1) is 0 Å². The Morgan fingerprint density at radius 1 is 1.62 bits per heavy atom. The second kappa shape index (κ2) is 4.42. The molecule has 0 aromatic heterocycles. The normalized spacial score (nSPS) is 27.2. The molecule has 13 heavy (non-hydrogen) atoms. The number of ether oxygens (including phenoxy) is 2. The minimum absolute atomic E-state index is 0.123. The minimum Gasteiger partial charge on any atom is -0.459 e. The predicted octanol–water partition coefficient (Wildman–Crippen LogP) is 1.67. The zero-order valence-electron chi connectivity index (χ0n) is 8.37. The molecule has 3 nitrogen and oxygen atoms in total. The Labute approximate surface area is 78.7 Å². The van der Waals surface area contributed by atoms with Gasteiger partial charge in [-0.3, -0.25) is 0 Å². The molecule has 0 aromatic rings. The van der Waals surface area contributed by atoms with Crippen LogP contribution >= 0.6 is 0 Å². The summed E-state index contributed by atoms with van der Waals surface area (Å²) in [5.41, 5.74) is 0.677. The average Bonchev–Trinajstić information content (AvgIpc) is 2.78. The van der Waals surface area contributed by atoms with E-state index in [1.54, 1.807) is 6.92 Å². The molecule has 0 saturated carbocycles. The van der Waals surface area contributed by atoms with Crippen molar-refractivity contribution < 1.29 is 14.3 Å². The van der Waals surface area contributed by atoms with Crippen molar-refractivity contribution in [2.24, 2.45) is 0 Å². The molecule has 0 spiro atoms. The molecule has 0 radical (unpaired) electrons. The lowest BCUT2D eigenvalue weighted by Crippen LogP contribution is -2.11. The molecular weight excluding hydrogens is 168 g/mol. The Kier molecular flexibility index (Phi) is 3.48. The van der Waals surface area contributed by atoms with Crippen LogP contribution in [-0.2, 0) is 14.3 Å². The summed E-state index contributed by atoms with van der Waals surface area (Å²) >= 11 is 0. The van der Waals surface area contributed by atoms with Gasteiger partial charge in [0.15, 0.2) is 0 Å². The summed E-state index contributed by atoms with van der Waals surface area (Å²) < 4.78 is 10.1. The molecule has 0 amide bonds. The number of hydrogen-bond acceptors (Lipinski definition) is 3. The number of esters is 1. The van der Waals surface area contributed by atoms with Crippen molar-refractivity contribution in [1.29, 1.82) is 0 Å². The van der Waals surface area contributed by atoms with E-state index >= 15 is 0 Å². The molecule has 0 aromatic carbocycles. The van der Waals surface area contributed by atoms with Gasteiger partial charge < -0.3 is 9.47 Å². The highest BCUT2D eigenvalue weighted by molar-refractivity contribution is 5.87. The molecule has 74 valence electrons. The lowest BCUT2D eigenvalue weighted by atomic mass is 10.2. The monoisotopic (exact) mass is 184 g/mol. The van der Waals surface area contributed by atoms with Crippen LogP contribution in [0.2, 0.25) is 0 Å². The molecule has 1 aliphatic rings. The summed E-state index contributed by atoms with van der Waals surface area (Å²) in [6.45, 7) is 6.11. The topological polar surface area (TPSA) is 38.8 Å². The van der Waals surface area contributed by atoms with Gasteiger partial charge in [-0.25, -0.2) is 4.79 Å². The van der Waals surface area contributed by atoms with E-state index < -0.39 is 0 Å². The molecule has 3 heteroatoms. The maximum atomic E-state index is 11.2. The first-order valence-corrected chi connectivity index (χ1v) is 4.64. The van der Waals surface area contributed by atoms with Crippen LogP contribution < -0.4 is 0 Å². The van der Waals surface area contributed by atoms with E-state index in [2.05, 4.69) is 0 Å². The Balaban J connectivity index is 2.21. The summed E-state index contributed by atoms with van der Waals surface area (Å²) in [4.78, 5) is 11.2. The zero-order valence-corrected chi connectivity index (χ0v) is 8.37. The predicted molar refractivity (Wildman–Crippen MR) is 49.3 cm³/mol. The number of carbonyl (C=O) groups excluding carboxylic acids is 1. The zero-order chi connectivity index (χ0) is 9.84. The third-order valence-corrected chi connectivity index (χ3v) is 2.05. The molecule has 1 rings (SSSR count). The Morgan fingerprint density at radius 2 is 2.23 bits per heavy atom. The fraction of sp³-hybridized carbons (Fsp3) is 0.700. The average molecular weight is 184 g/mol. The van der Waals surface area contributed by atoms with Gasteiger partial charge in [0.2, 0.25) is 0 Å². The van der Waals surface area contributed by atoms with Crippen LogP contribution in [0.1, 0.15) is 27.2 Å². The SMILES string of the molecule is CC/C=C(\C)C(=O)OCC1OC1C. The first kappa shape index (κ1) is 10.3. The molecule has 1 heterocycles. The van der Waals surface area contributed by atoms with E-state index in [0.717, 1.165) is 6.42 Å². The maximum Gasteiger partial charge on any atom is 0.333 e. The fourth-order valence-corrected chi connectivity index (χ4v) is 1.07. The molecule has 0 aliphatic carbocycles. The Morgan fingerprint density at radius 3 is 2.69 bits per heavy atom. The largest absolute Gasteiger partial charge is 0.459 e. The van der Waals surface area contributed by atoms with Gasteiger partial charge in [-0.05, 0) is 20.3 Å². The van der Waals surface area contributed by atoms with Gasteiger partial charge in [0.1, 0.15) is 12.7 Å². The lowest BCUT2D eigenvalue weighted by Gasteiger charge is -2.01. The lowest BCUT2D eigenvalue weighted by molar-refractivity contribution is -0.139. The number of carbonyl (C=O) groups is 1. The van der Waals surface area contributed by atoms with Crippen molar-refractivity contribution in [3.8, 4) is 0 Å². The molecule has 0 bridgehead atoms. The van der Waals surface area contributed by atoms with Crippen LogP contribution in [0, 0.1) is 0 Å². The summed E-state index contributed by atoms with van der Waals surface area (Å²) in [5, 5.41) is 0. The van der Waals surface area contributed by atoms with Crippen LogP contribution in [0.4, 0.5) is 0 Å². The summed E-state index contributed by atoms with van der Waals surface area (Å²) in [6.07, 6.45) is 3.10. The van der Waals surface area contributed by atoms with Crippen molar-refractivity contribution in [2.45, 2.75) is 39.4 Å². The molecule has 2 atom stereocenters. The molecular formula is C10H16O3. The summed E-state index contributed by atoms with van der Waals surface area (Å²) in [6, 6.07) is 0. The van der Waals surface area contributed by atoms with Gasteiger partial charge in [0.25, 0.3) is 0 Å². The second-order valence-electron chi connectivity index (χ2n) is 3.27. The van der Waals surface area contributed by atoms with Gasteiger partial charge in [-0.2, -0.15) is 0 Å². The second-order valence-corrected chi connectivity index (χ2v) is 3.27. The first-order valence-electron chi connectivity index (χ1n) is 4.64. The summed E-state index contributed by atoms with van der Waals surface area (Å²) in [5.74, 6) is -0.232. The van der Waals surface area contributed by atoms with Crippen LogP contribution in [0.3, 0.4) is 0 Å². The Bertz CT molecular complexity index is 220. The first-order chi connectivity index (χ1) is 6.15. The van der Waals surface area contributed by atoms with E-state index in [4.69, 9.17) is 9.47 Å². The highest BCUT2D eigenvalue weighted by Crippen LogP contribution is 2.21. The van der Waals surface area contributed by atoms with Gasteiger partial charge in [0.05, 0.1) is 6.10 Å².